The highest BCUT2D eigenvalue weighted by Gasteiger charge is 2.67. The molecular weight excluding hydrogens is 682 g/mol. The first-order chi connectivity index (χ1) is 25.5. The highest BCUT2D eigenvalue weighted by molar-refractivity contribution is 6.06. The van der Waals surface area contributed by atoms with Crippen molar-refractivity contribution in [1.82, 2.24) is 0 Å². The van der Waals surface area contributed by atoms with E-state index in [0.29, 0.717) is 28.6 Å². The van der Waals surface area contributed by atoms with Gasteiger partial charge in [-0.15, -0.1) is 0 Å². The first kappa shape index (κ1) is 38.9. The molecule has 54 heavy (non-hydrogen) atoms. The molecular formula is C45H53NO8. The smallest absolute Gasteiger partial charge is 0.348 e. The van der Waals surface area contributed by atoms with Crippen LogP contribution in [0.25, 0.3) is 6.08 Å². The lowest BCUT2D eigenvalue weighted by Crippen LogP contribution is -2.62. The van der Waals surface area contributed by atoms with Crippen LogP contribution >= 0.6 is 0 Å². The molecule has 3 saturated carbocycles. The van der Waals surface area contributed by atoms with Crippen LogP contribution in [0.2, 0.25) is 0 Å². The summed E-state index contributed by atoms with van der Waals surface area (Å²) in [4.78, 5) is 38.5. The summed E-state index contributed by atoms with van der Waals surface area (Å²) >= 11 is 0. The lowest BCUT2D eigenvalue weighted by Gasteiger charge is -2.70. The quantitative estimate of drug-likeness (QED) is 0.114. The molecule has 286 valence electrons. The number of nitriles is 1. The molecule has 0 heterocycles. The maximum atomic E-state index is 13.9. The predicted octanol–water partition coefficient (Wildman–Crippen LogP) is 8.88. The number of esters is 2. The van der Waals surface area contributed by atoms with E-state index in [2.05, 4.69) is 51.5 Å². The molecule has 9 heteroatoms. The second kappa shape index (κ2) is 14.1. The third kappa shape index (κ3) is 6.21. The minimum absolute atomic E-state index is 0.0585. The first-order valence-corrected chi connectivity index (χ1v) is 18.9. The zero-order chi connectivity index (χ0) is 39.3. The predicted molar refractivity (Wildman–Crippen MR) is 205 cm³/mol. The number of ether oxygens (including phenoxy) is 4. The fraction of sp³-hybridized carbons (Fsp3) is 0.511. The number of nitrogens with zero attached hydrogens (tertiary/aromatic N) is 1. The van der Waals surface area contributed by atoms with Crippen molar-refractivity contribution in [1.29, 1.82) is 5.26 Å². The van der Waals surface area contributed by atoms with Crippen molar-refractivity contribution in [2.75, 3.05) is 27.4 Å². The van der Waals surface area contributed by atoms with Gasteiger partial charge in [0.1, 0.15) is 24.9 Å². The van der Waals surface area contributed by atoms with Crippen molar-refractivity contribution in [3.8, 4) is 17.6 Å². The average molecular weight is 736 g/mol. The van der Waals surface area contributed by atoms with Crippen molar-refractivity contribution in [3.05, 3.63) is 87.8 Å². The monoisotopic (exact) mass is 735 g/mol. The lowest BCUT2D eigenvalue weighted by atomic mass is 9.34. The van der Waals surface area contributed by atoms with Gasteiger partial charge in [-0.05, 0) is 134 Å². The number of carbonyl (C=O) groups excluding carboxylic acids is 3. The molecule has 3 fully saturated rings. The van der Waals surface area contributed by atoms with Crippen LogP contribution in [-0.4, -0.2) is 50.3 Å². The maximum Gasteiger partial charge on any atom is 0.348 e. The van der Waals surface area contributed by atoms with E-state index in [-0.39, 0.29) is 58.0 Å². The third-order valence-corrected chi connectivity index (χ3v) is 14.2. The summed E-state index contributed by atoms with van der Waals surface area (Å²) in [5.41, 5.74) is 3.52. The first-order valence-electron chi connectivity index (χ1n) is 18.9. The Bertz CT molecular complexity index is 2010. The number of rotatable bonds is 9. The molecule has 0 radical (unpaired) electrons. The van der Waals surface area contributed by atoms with Crippen molar-refractivity contribution in [3.63, 3.8) is 0 Å². The Labute approximate surface area is 319 Å². The number of carbonyl (C=O) groups is 3. The summed E-state index contributed by atoms with van der Waals surface area (Å²) in [5, 5.41) is 19.7. The zero-order valence-corrected chi connectivity index (χ0v) is 32.9. The van der Waals surface area contributed by atoms with E-state index in [4.69, 9.17) is 14.2 Å². The Kier molecular flexibility index (Phi) is 10.1. The number of benzene rings is 1. The van der Waals surface area contributed by atoms with Crippen LogP contribution < -0.4 is 9.47 Å². The van der Waals surface area contributed by atoms with E-state index in [1.54, 1.807) is 36.4 Å². The van der Waals surface area contributed by atoms with Crippen LogP contribution in [0.15, 0.2) is 82.2 Å². The van der Waals surface area contributed by atoms with Gasteiger partial charge in [0.05, 0.1) is 19.6 Å². The number of methoxy groups -OCH3 is 2. The largest absolute Gasteiger partial charge is 0.504 e. The van der Waals surface area contributed by atoms with Crippen LogP contribution in [0.5, 0.6) is 11.5 Å². The van der Waals surface area contributed by atoms with Crippen LogP contribution in [0.1, 0.15) is 92.1 Å². The van der Waals surface area contributed by atoms with Crippen LogP contribution in [-0.2, 0) is 23.9 Å². The minimum Gasteiger partial charge on any atom is -0.504 e. The number of aliphatic hydroxyl groups is 1. The van der Waals surface area contributed by atoms with Crippen molar-refractivity contribution in [2.24, 2.45) is 33.0 Å². The fourth-order valence-corrected chi connectivity index (χ4v) is 10.5. The summed E-state index contributed by atoms with van der Waals surface area (Å²) in [6.45, 7) is 13.9. The van der Waals surface area contributed by atoms with Gasteiger partial charge >= 0.3 is 11.9 Å². The SMILES string of the molecule is COC(=O)/C(C#N)=C/c1ccc(OC/C=C/COC(=O)[C@]2(C)CC[C@]3(C)CC[C@]4(C)C5=CC=C6C(=CC(=O)C(O)=C6C)[C@]5(C)CC[C@@]4(C)[C@@H]3C2)c(OC)c1. The average Bonchev–Trinajstić information content (AvgIpc) is 3.16. The molecule has 5 aliphatic rings. The second-order valence-corrected chi connectivity index (χ2v) is 17.1. The molecule has 6 atom stereocenters. The molecule has 9 nitrogen and oxygen atoms in total. The van der Waals surface area contributed by atoms with Crippen molar-refractivity contribution >= 4 is 23.8 Å². The number of hydrogen-bond donors (Lipinski definition) is 1. The van der Waals surface area contributed by atoms with E-state index < -0.39 is 11.4 Å². The number of ketones is 1. The zero-order valence-electron chi connectivity index (χ0n) is 32.9. The second-order valence-electron chi connectivity index (χ2n) is 17.1. The van der Waals surface area contributed by atoms with E-state index >= 15 is 0 Å². The molecule has 0 bridgehead atoms. The van der Waals surface area contributed by atoms with Crippen LogP contribution in [0.3, 0.4) is 0 Å². The van der Waals surface area contributed by atoms with Crippen molar-refractivity contribution < 1.29 is 38.4 Å². The van der Waals surface area contributed by atoms with Crippen LogP contribution in [0, 0.1) is 44.3 Å². The summed E-state index contributed by atoms with van der Waals surface area (Å²) in [5.74, 6) is -0.121. The fourth-order valence-electron chi connectivity index (χ4n) is 10.5. The van der Waals surface area contributed by atoms with Gasteiger partial charge in [-0.25, -0.2) is 4.79 Å². The van der Waals surface area contributed by atoms with Gasteiger partial charge in [-0.2, -0.15) is 5.26 Å². The number of hydrogen-bond acceptors (Lipinski definition) is 9. The molecule has 0 amide bonds. The Morgan fingerprint density at radius 2 is 1.69 bits per heavy atom. The lowest BCUT2D eigenvalue weighted by molar-refractivity contribution is -0.181. The number of allylic oxidation sites excluding steroid dienone is 7. The van der Waals surface area contributed by atoms with E-state index in [1.807, 2.05) is 13.0 Å². The standard InChI is InChI=1S/C45H53NO8/c1-28-31-12-14-36-43(4,32(31)25-33(47)38(28)48)18-20-45(6)37-26-42(3,16-15-41(37,2)17-19-44(36,45)5)40(50)54-22-10-9-21-53-34-13-11-29(24-35(34)51-7)23-30(27-46)39(49)52-8/h9-14,23-25,37,48H,15-22,26H2,1-8H3/b10-9+,30-23+/t37-,41-,42-,43+,44-,45+/m1/s1. The minimum atomic E-state index is -0.718. The van der Waals surface area contributed by atoms with E-state index in [0.717, 1.165) is 56.1 Å². The Balaban J connectivity index is 1.12. The molecule has 0 aromatic heterocycles. The van der Waals surface area contributed by atoms with Gasteiger partial charge in [-0.1, -0.05) is 51.5 Å². The molecule has 0 aliphatic heterocycles. The van der Waals surface area contributed by atoms with Gasteiger partial charge in [-0.3, -0.25) is 9.59 Å². The van der Waals surface area contributed by atoms with Crippen LogP contribution in [0.4, 0.5) is 0 Å². The third-order valence-electron chi connectivity index (χ3n) is 14.2. The van der Waals surface area contributed by atoms with Gasteiger partial charge in [0.25, 0.3) is 0 Å². The summed E-state index contributed by atoms with van der Waals surface area (Å²) in [6.07, 6.45) is 17.6. The summed E-state index contributed by atoms with van der Waals surface area (Å²) < 4.78 is 21.9. The maximum absolute atomic E-state index is 13.9. The summed E-state index contributed by atoms with van der Waals surface area (Å²) in [6, 6.07) is 6.91. The molecule has 0 spiro atoms. The Hall–Kier alpha value is -4.84. The topological polar surface area (TPSA) is 132 Å². The molecule has 0 unspecified atom stereocenters. The molecule has 1 N–H and O–H groups in total. The Morgan fingerprint density at radius 1 is 0.963 bits per heavy atom. The Morgan fingerprint density at radius 3 is 2.39 bits per heavy atom. The van der Waals surface area contributed by atoms with E-state index in [1.165, 1.54) is 25.9 Å². The highest BCUT2D eigenvalue weighted by Crippen LogP contribution is 2.75. The van der Waals surface area contributed by atoms with Gasteiger partial charge in [0.2, 0.25) is 5.78 Å². The molecule has 5 aliphatic carbocycles. The van der Waals surface area contributed by atoms with Gasteiger partial charge in [0, 0.05) is 11.0 Å². The van der Waals surface area contributed by atoms with Gasteiger partial charge < -0.3 is 24.1 Å². The molecule has 0 saturated heterocycles. The number of aliphatic hydroxyl groups excluding tert-OH is 1. The van der Waals surface area contributed by atoms with Gasteiger partial charge in [0.15, 0.2) is 17.3 Å². The highest BCUT2D eigenvalue weighted by atomic mass is 16.5. The van der Waals surface area contributed by atoms with Crippen molar-refractivity contribution in [2.45, 2.75) is 86.5 Å². The molecule has 1 aromatic carbocycles. The summed E-state index contributed by atoms with van der Waals surface area (Å²) in [7, 11) is 2.73. The normalized spacial score (nSPS) is 33.2. The van der Waals surface area contributed by atoms with E-state index in [9.17, 15) is 24.8 Å². The number of fused-ring (bicyclic) bond motifs is 7. The molecule has 1 aromatic rings. The molecule has 6 rings (SSSR count).